The number of carbonyl (C=O) groups is 4. The van der Waals surface area contributed by atoms with Crippen molar-refractivity contribution in [3.8, 4) is 0 Å². The third-order valence-electron chi connectivity index (χ3n) is 4.56. The molecule has 1 aliphatic heterocycles. The Morgan fingerprint density at radius 1 is 1.06 bits per heavy atom. The number of likely N-dealkylation sites (tertiary alicyclic amines) is 1. The van der Waals surface area contributed by atoms with E-state index in [0.717, 1.165) is 0 Å². The summed E-state index contributed by atoms with van der Waals surface area (Å²) in [6, 6.07) is 5.07. The van der Waals surface area contributed by atoms with E-state index < -0.39 is 35.6 Å². The van der Waals surface area contributed by atoms with Gasteiger partial charge < -0.3 is 30.3 Å². The molecule has 0 radical (unpaired) electrons. The van der Waals surface area contributed by atoms with Crippen LogP contribution in [0.15, 0.2) is 24.3 Å². The van der Waals surface area contributed by atoms with Crippen LogP contribution in [0.1, 0.15) is 27.2 Å². The van der Waals surface area contributed by atoms with Gasteiger partial charge in [0.05, 0.1) is 12.1 Å². The van der Waals surface area contributed by atoms with Gasteiger partial charge in [-0.3, -0.25) is 14.4 Å². The zero-order valence-electron chi connectivity index (χ0n) is 18.6. The molecule has 1 aromatic rings. The third-order valence-corrected chi connectivity index (χ3v) is 4.81. The van der Waals surface area contributed by atoms with Crippen LogP contribution in [-0.2, 0) is 23.9 Å². The van der Waals surface area contributed by atoms with Gasteiger partial charge in [-0.15, -0.1) is 0 Å². The molecule has 3 N–H and O–H groups in total. The molecule has 0 aromatic heterocycles. The van der Waals surface area contributed by atoms with Gasteiger partial charge in [-0.25, -0.2) is 4.79 Å². The fourth-order valence-electron chi connectivity index (χ4n) is 3.13. The number of hydrogen-bond acceptors (Lipinski definition) is 6. The summed E-state index contributed by atoms with van der Waals surface area (Å²) in [4.78, 5) is 50.8. The van der Waals surface area contributed by atoms with Gasteiger partial charge in [-0.1, -0.05) is 11.6 Å². The van der Waals surface area contributed by atoms with Crippen LogP contribution in [-0.4, -0.2) is 73.2 Å². The molecule has 2 rings (SSSR count). The highest BCUT2D eigenvalue weighted by atomic mass is 35.5. The fraction of sp³-hybridized carbons (Fsp3) is 0.524. The van der Waals surface area contributed by atoms with Gasteiger partial charge >= 0.3 is 17.9 Å². The number of rotatable bonds is 5. The number of hydrogen-bond donors (Lipinski definition) is 3. The van der Waals surface area contributed by atoms with Gasteiger partial charge in [-0.2, -0.15) is 0 Å². The molecule has 2 unspecified atom stereocenters. The lowest BCUT2D eigenvalue weighted by Crippen LogP contribution is -2.62. The highest BCUT2D eigenvalue weighted by molar-refractivity contribution is 6.39. The number of nitrogens with zero attached hydrogens (tertiary/aromatic N) is 1. The second-order valence-electron chi connectivity index (χ2n) is 8.36. The first-order valence-electron chi connectivity index (χ1n) is 10.1. The van der Waals surface area contributed by atoms with Gasteiger partial charge in [0.25, 0.3) is 0 Å². The van der Waals surface area contributed by atoms with Crippen molar-refractivity contribution in [3.05, 3.63) is 29.3 Å². The van der Waals surface area contributed by atoms with Crippen LogP contribution >= 0.6 is 11.6 Å². The predicted molar refractivity (Wildman–Crippen MR) is 118 cm³/mol. The summed E-state index contributed by atoms with van der Waals surface area (Å²) < 4.78 is 10.2. The lowest BCUT2D eigenvalue weighted by molar-refractivity contribution is -0.138. The molecular formula is C21H29ClN4O6. The van der Waals surface area contributed by atoms with Crippen molar-refractivity contribution >= 4 is 41.1 Å². The second-order valence-corrected chi connectivity index (χ2v) is 8.79. The number of amides is 4. The van der Waals surface area contributed by atoms with E-state index >= 15 is 0 Å². The number of methoxy groups -OCH3 is 1. The van der Waals surface area contributed by atoms with Gasteiger partial charge in [0.1, 0.15) is 12.2 Å². The summed E-state index contributed by atoms with van der Waals surface area (Å²) in [7, 11) is 1.42. The first kappa shape index (κ1) is 25.4. The van der Waals surface area contributed by atoms with Crippen molar-refractivity contribution in [1.29, 1.82) is 0 Å². The van der Waals surface area contributed by atoms with Crippen molar-refractivity contribution in [2.75, 3.05) is 32.1 Å². The third kappa shape index (κ3) is 8.01. The van der Waals surface area contributed by atoms with Crippen molar-refractivity contribution in [1.82, 2.24) is 15.5 Å². The van der Waals surface area contributed by atoms with Crippen molar-refractivity contribution in [2.24, 2.45) is 0 Å². The van der Waals surface area contributed by atoms with Crippen molar-refractivity contribution < 1.29 is 28.7 Å². The van der Waals surface area contributed by atoms with Crippen LogP contribution < -0.4 is 16.0 Å². The van der Waals surface area contributed by atoms with Gasteiger partial charge in [0.15, 0.2) is 0 Å². The molecule has 11 heteroatoms. The number of alkyl carbamates (subject to hydrolysis) is 1. The summed E-state index contributed by atoms with van der Waals surface area (Å²) in [6.45, 7) is 5.54. The summed E-state index contributed by atoms with van der Waals surface area (Å²) >= 11 is 5.82. The van der Waals surface area contributed by atoms with Gasteiger partial charge in [-0.05, 0) is 51.5 Å². The molecule has 0 saturated carbocycles. The molecule has 0 bridgehead atoms. The van der Waals surface area contributed by atoms with Crippen LogP contribution in [0.4, 0.5) is 10.5 Å². The topological polar surface area (TPSA) is 126 Å². The molecule has 1 heterocycles. The van der Waals surface area contributed by atoms with Crippen molar-refractivity contribution in [3.63, 3.8) is 0 Å². The van der Waals surface area contributed by atoms with Gasteiger partial charge in [0.2, 0.25) is 5.91 Å². The van der Waals surface area contributed by atoms with E-state index in [0.29, 0.717) is 23.7 Å². The lowest BCUT2D eigenvalue weighted by atomic mass is 9.99. The second kappa shape index (κ2) is 11.1. The fourth-order valence-corrected chi connectivity index (χ4v) is 3.25. The Kier molecular flexibility index (Phi) is 8.85. The summed E-state index contributed by atoms with van der Waals surface area (Å²) in [5.41, 5.74) is -0.306. The maximum atomic E-state index is 12.5. The van der Waals surface area contributed by atoms with E-state index in [1.807, 2.05) is 0 Å². The predicted octanol–water partition coefficient (Wildman–Crippen LogP) is 1.54. The minimum atomic E-state index is -0.863. The minimum Gasteiger partial charge on any atom is -0.444 e. The zero-order valence-corrected chi connectivity index (χ0v) is 19.3. The number of ether oxygens (including phenoxy) is 2. The van der Waals surface area contributed by atoms with Crippen LogP contribution in [0.2, 0.25) is 5.02 Å². The highest BCUT2D eigenvalue weighted by Gasteiger charge is 2.35. The Bertz CT molecular complexity index is 840. The molecule has 32 heavy (non-hydrogen) atoms. The molecule has 2 atom stereocenters. The molecule has 1 saturated heterocycles. The van der Waals surface area contributed by atoms with E-state index in [4.69, 9.17) is 21.1 Å². The first-order valence-corrected chi connectivity index (χ1v) is 10.5. The number of nitrogens with one attached hydrogen (secondary N) is 3. The summed E-state index contributed by atoms with van der Waals surface area (Å²) in [5.74, 6) is -1.97. The Morgan fingerprint density at radius 2 is 1.72 bits per heavy atom. The molecule has 4 amide bonds. The maximum absolute atomic E-state index is 12.5. The molecule has 176 valence electrons. The molecule has 1 aromatic carbocycles. The highest BCUT2D eigenvalue weighted by Crippen LogP contribution is 2.15. The smallest absolute Gasteiger partial charge is 0.408 e. The van der Waals surface area contributed by atoms with Crippen LogP contribution in [0.5, 0.6) is 0 Å². The van der Waals surface area contributed by atoms with Gasteiger partial charge in [0, 0.05) is 30.9 Å². The van der Waals surface area contributed by atoms with E-state index in [1.165, 1.54) is 12.0 Å². The quantitative estimate of drug-likeness (QED) is 0.563. The Hall–Kier alpha value is -2.85. The van der Waals surface area contributed by atoms with E-state index in [-0.39, 0.29) is 19.1 Å². The molecule has 10 nitrogen and oxygen atoms in total. The number of piperidine rings is 1. The molecular weight excluding hydrogens is 440 g/mol. The zero-order chi connectivity index (χ0) is 23.9. The molecule has 1 aliphatic rings. The van der Waals surface area contributed by atoms with Crippen LogP contribution in [0, 0.1) is 0 Å². The molecule has 1 fully saturated rings. The molecule has 0 aliphatic carbocycles. The maximum Gasteiger partial charge on any atom is 0.408 e. The standard InChI is InChI=1S/C21H29ClN4O6/c1-21(2,3)32-20(30)25-16-11-26(17(27)12-31-4)10-9-15(16)24-19(29)18(28)23-14-7-5-13(22)6-8-14/h5-8,15-16H,9-12H2,1-4H3,(H,23,28)(H,24,29)(H,25,30). The lowest BCUT2D eigenvalue weighted by Gasteiger charge is -2.39. The van der Waals surface area contributed by atoms with Crippen LogP contribution in [0.3, 0.4) is 0 Å². The number of carbonyl (C=O) groups excluding carboxylic acids is 4. The normalized spacial score (nSPS) is 18.5. The van der Waals surface area contributed by atoms with E-state index in [2.05, 4.69) is 16.0 Å². The van der Waals surface area contributed by atoms with E-state index in [9.17, 15) is 19.2 Å². The average Bonchev–Trinajstić information content (AvgIpc) is 2.69. The summed E-state index contributed by atoms with van der Waals surface area (Å²) in [6.07, 6.45) is -0.357. The van der Waals surface area contributed by atoms with Crippen LogP contribution in [0.25, 0.3) is 0 Å². The Balaban J connectivity index is 2.05. The van der Waals surface area contributed by atoms with E-state index in [1.54, 1.807) is 45.0 Å². The monoisotopic (exact) mass is 468 g/mol. The molecule has 0 spiro atoms. The van der Waals surface area contributed by atoms with Crippen molar-refractivity contribution in [2.45, 2.75) is 44.9 Å². The minimum absolute atomic E-state index is 0.0975. The number of benzene rings is 1. The summed E-state index contributed by atoms with van der Waals surface area (Å²) in [5, 5.41) is 8.32. The number of halogens is 1. The number of anilines is 1. The SMILES string of the molecule is COCC(=O)N1CCC(NC(=O)C(=O)Nc2ccc(Cl)cc2)C(NC(=O)OC(C)(C)C)C1. The largest absolute Gasteiger partial charge is 0.444 e. The Labute approximate surface area is 191 Å². The first-order chi connectivity index (χ1) is 15.0. The Morgan fingerprint density at radius 3 is 2.31 bits per heavy atom. The average molecular weight is 469 g/mol.